The Labute approximate surface area is 166 Å². The average molecular weight is 388 g/mol. The highest BCUT2D eigenvalue weighted by molar-refractivity contribution is 6.32. The minimum absolute atomic E-state index is 0.0190. The standard InChI is InChI=1S/C22H26ClNO3/c1-15(2)27-22-19(23)12-17(13-20(22)26-5)10-11-21(25)24(4)14-18-9-7-6-8-16(18)3/h6-13,15H,14H2,1-5H3/b11-10+. The molecule has 2 aromatic rings. The van der Waals surface area contributed by atoms with E-state index in [2.05, 4.69) is 0 Å². The van der Waals surface area contributed by atoms with Gasteiger partial charge in [-0.2, -0.15) is 0 Å². The number of rotatable bonds is 7. The number of halogens is 1. The van der Waals surface area contributed by atoms with E-state index in [1.54, 1.807) is 37.3 Å². The number of methoxy groups -OCH3 is 1. The van der Waals surface area contributed by atoms with Crippen LogP contribution in [-0.2, 0) is 11.3 Å². The zero-order valence-electron chi connectivity index (χ0n) is 16.5. The summed E-state index contributed by atoms with van der Waals surface area (Å²) in [6, 6.07) is 11.6. The summed E-state index contributed by atoms with van der Waals surface area (Å²) in [5, 5.41) is 0.448. The molecular formula is C22H26ClNO3. The average Bonchev–Trinajstić information content (AvgIpc) is 2.63. The van der Waals surface area contributed by atoms with Gasteiger partial charge in [-0.15, -0.1) is 0 Å². The lowest BCUT2D eigenvalue weighted by Crippen LogP contribution is -2.24. The highest BCUT2D eigenvalue weighted by Crippen LogP contribution is 2.37. The van der Waals surface area contributed by atoms with Gasteiger partial charge in [-0.1, -0.05) is 35.9 Å². The lowest BCUT2D eigenvalue weighted by atomic mass is 10.1. The van der Waals surface area contributed by atoms with Crippen LogP contribution in [0.5, 0.6) is 11.5 Å². The maximum atomic E-state index is 12.4. The molecule has 0 heterocycles. The monoisotopic (exact) mass is 387 g/mol. The van der Waals surface area contributed by atoms with Crippen molar-refractivity contribution in [3.63, 3.8) is 0 Å². The highest BCUT2D eigenvalue weighted by atomic mass is 35.5. The number of likely N-dealkylation sites (N-methyl/N-ethyl adjacent to an activating group) is 1. The van der Waals surface area contributed by atoms with E-state index in [9.17, 15) is 4.79 Å². The van der Waals surface area contributed by atoms with E-state index >= 15 is 0 Å². The third kappa shape index (κ3) is 5.76. The molecule has 0 aliphatic carbocycles. The smallest absolute Gasteiger partial charge is 0.246 e. The maximum absolute atomic E-state index is 12.4. The number of hydrogen-bond acceptors (Lipinski definition) is 3. The highest BCUT2D eigenvalue weighted by Gasteiger charge is 2.13. The van der Waals surface area contributed by atoms with Gasteiger partial charge in [0, 0.05) is 19.7 Å². The molecule has 27 heavy (non-hydrogen) atoms. The Morgan fingerprint density at radius 1 is 1.26 bits per heavy atom. The van der Waals surface area contributed by atoms with Gasteiger partial charge in [-0.3, -0.25) is 4.79 Å². The SMILES string of the molecule is COc1cc(/C=C/C(=O)N(C)Cc2ccccc2C)cc(Cl)c1OC(C)C. The van der Waals surface area contributed by atoms with E-state index in [1.807, 2.05) is 45.0 Å². The van der Waals surface area contributed by atoms with Crippen LogP contribution in [0.15, 0.2) is 42.5 Å². The van der Waals surface area contributed by atoms with E-state index in [4.69, 9.17) is 21.1 Å². The summed E-state index contributed by atoms with van der Waals surface area (Å²) in [5.41, 5.74) is 3.06. The molecule has 4 nitrogen and oxygen atoms in total. The van der Waals surface area contributed by atoms with Crippen molar-refractivity contribution in [3.05, 3.63) is 64.2 Å². The first-order valence-corrected chi connectivity index (χ1v) is 9.21. The molecule has 0 aromatic heterocycles. The first kappa shape index (κ1) is 20.8. The molecule has 0 bridgehead atoms. The van der Waals surface area contributed by atoms with Crippen molar-refractivity contribution in [2.45, 2.75) is 33.4 Å². The van der Waals surface area contributed by atoms with E-state index in [0.717, 1.165) is 11.1 Å². The lowest BCUT2D eigenvalue weighted by Gasteiger charge is -2.17. The molecule has 1 amide bonds. The minimum Gasteiger partial charge on any atom is -0.493 e. The second kappa shape index (κ2) is 9.47. The van der Waals surface area contributed by atoms with Crippen LogP contribution in [0.25, 0.3) is 6.08 Å². The lowest BCUT2D eigenvalue weighted by molar-refractivity contribution is -0.125. The zero-order valence-corrected chi connectivity index (χ0v) is 17.2. The van der Waals surface area contributed by atoms with Gasteiger partial charge in [0.1, 0.15) is 0 Å². The topological polar surface area (TPSA) is 38.8 Å². The molecule has 0 N–H and O–H groups in total. The van der Waals surface area contributed by atoms with Crippen molar-refractivity contribution in [2.24, 2.45) is 0 Å². The van der Waals surface area contributed by atoms with E-state index in [-0.39, 0.29) is 12.0 Å². The van der Waals surface area contributed by atoms with Gasteiger partial charge in [0.2, 0.25) is 5.91 Å². The summed E-state index contributed by atoms with van der Waals surface area (Å²) in [5.74, 6) is 0.960. The number of carbonyl (C=O) groups is 1. The summed E-state index contributed by atoms with van der Waals surface area (Å²) in [4.78, 5) is 14.1. The number of ether oxygens (including phenoxy) is 2. The molecule has 5 heteroatoms. The first-order chi connectivity index (χ1) is 12.8. The van der Waals surface area contributed by atoms with Crippen molar-refractivity contribution >= 4 is 23.6 Å². The van der Waals surface area contributed by atoms with Crippen molar-refractivity contribution in [1.29, 1.82) is 0 Å². The summed E-state index contributed by atoms with van der Waals surface area (Å²) >= 11 is 6.33. The van der Waals surface area contributed by atoms with Crippen LogP contribution in [0.3, 0.4) is 0 Å². The molecule has 0 aliphatic rings. The van der Waals surface area contributed by atoms with Gasteiger partial charge < -0.3 is 14.4 Å². The van der Waals surface area contributed by atoms with E-state index < -0.39 is 0 Å². The van der Waals surface area contributed by atoms with Gasteiger partial charge in [-0.25, -0.2) is 0 Å². The van der Waals surface area contributed by atoms with Crippen LogP contribution >= 0.6 is 11.6 Å². The Bertz CT molecular complexity index is 830. The van der Waals surface area contributed by atoms with Crippen LogP contribution < -0.4 is 9.47 Å². The number of aryl methyl sites for hydroxylation is 1. The number of hydrogen-bond donors (Lipinski definition) is 0. The van der Waals surface area contributed by atoms with Crippen LogP contribution in [0, 0.1) is 6.92 Å². The van der Waals surface area contributed by atoms with Gasteiger partial charge in [0.25, 0.3) is 0 Å². The van der Waals surface area contributed by atoms with Gasteiger partial charge >= 0.3 is 0 Å². The number of nitrogens with zero attached hydrogens (tertiary/aromatic N) is 1. The molecule has 0 radical (unpaired) electrons. The van der Waals surface area contributed by atoms with Gasteiger partial charge in [0.15, 0.2) is 11.5 Å². The van der Waals surface area contributed by atoms with Crippen molar-refractivity contribution < 1.29 is 14.3 Å². The van der Waals surface area contributed by atoms with Gasteiger partial charge in [0.05, 0.1) is 18.2 Å². The Morgan fingerprint density at radius 3 is 2.59 bits per heavy atom. The quantitative estimate of drug-likeness (QED) is 0.619. The number of carbonyl (C=O) groups excluding carboxylic acids is 1. The van der Waals surface area contributed by atoms with Crippen LogP contribution in [0.2, 0.25) is 5.02 Å². The maximum Gasteiger partial charge on any atom is 0.246 e. The fourth-order valence-electron chi connectivity index (χ4n) is 2.60. The van der Waals surface area contributed by atoms with Gasteiger partial charge in [-0.05, 0) is 55.7 Å². The Kier molecular flexibility index (Phi) is 7.31. The summed E-state index contributed by atoms with van der Waals surface area (Å²) in [7, 11) is 3.35. The van der Waals surface area contributed by atoms with Crippen LogP contribution in [0.1, 0.15) is 30.5 Å². The number of benzene rings is 2. The Morgan fingerprint density at radius 2 is 1.96 bits per heavy atom. The third-order valence-electron chi connectivity index (χ3n) is 4.07. The molecule has 0 saturated carbocycles. The predicted molar refractivity (Wildman–Crippen MR) is 110 cm³/mol. The molecule has 144 valence electrons. The predicted octanol–water partition coefficient (Wildman–Crippen LogP) is 5.12. The first-order valence-electron chi connectivity index (χ1n) is 8.83. The number of amides is 1. The fraction of sp³-hybridized carbons (Fsp3) is 0.318. The second-order valence-electron chi connectivity index (χ2n) is 6.65. The van der Waals surface area contributed by atoms with Crippen molar-refractivity contribution in [3.8, 4) is 11.5 Å². The second-order valence-corrected chi connectivity index (χ2v) is 7.06. The molecule has 0 unspecified atom stereocenters. The normalized spacial score (nSPS) is 11.1. The molecule has 0 fully saturated rings. The van der Waals surface area contributed by atoms with Crippen LogP contribution in [0.4, 0.5) is 0 Å². The molecule has 0 atom stereocenters. The summed E-state index contributed by atoms with van der Waals surface area (Å²) in [6.07, 6.45) is 3.24. The largest absolute Gasteiger partial charge is 0.493 e. The van der Waals surface area contributed by atoms with E-state index in [1.165, 1.54) is 11.6 Å². The molecule has 0 spiro atoms. The Hall–Kier alpha value is -2.46. The summed E-state index contributed by atoms with van der Waals surface area (Å²) in [6.45, 7) is 6.44. The zero-order chi connectivity index (χ0) is 20.0. The van der Waals surface area contributed by atoms with E-state index in [0.29, 0.717) is 23.1 Å². The molecule has 2 aromatic carbocycles. The minimum atomic E-state index is -0.0872. The third-order valence-corrected chi connectivity index (χ3v) is 4.35. The molecule has 0 saturated heterocycles. The molecule has 0 aliphatic heterocycles. The van der Waals surface area contributed by atoms with Crippen molar-refractivity contribution in [2.75, 3.05) is 14.2 Å². The summed E-state index contributed by atoms with van der Waals surface area (Å²) < 4.78 is 11.1. The van der Waals surface area contributed by atoms with Crippen molar-refractivity contribution in [1.82, 2.24) is 4.90 Å². The molecule has 2 rings (SSSR count). The Balaban J connectivity index is 2.13. The fourth-order valence-corrected chi connectivity index (χ4v) is 2.87. The van der Waals surface area contributed by atoms with Crippen LogP contribution in [-0.4, -0.2) is 31.1 Å². The molecular weight excluding hydrogens is 362 g/mol.